The zero-order valence-corrected chi connectivity index (χ0v) is 36.5. The molecule has 0 aliphatic rings. The molecule has 0 saturated heterocycles. The van der Waals surface area contributed by atoms with Gasteiger partial charge in [0.25, 0.3) is 0 Å². The van der Waals surface area contributed by atoms with E-state index in [0.717, 1.165) is 44.9 Å². The first-order valence-electron chi connectivity index (χ1n) is 22.8. The number of esters is 1. The number of unbranched alkanes of at least 4 members (excludes halogenated alkanes) is 26. The van der Waals surface area contributed by atoms with Crippen molar-refractivity contribution in [2.75, 3.05) is 26.4 Å². The molecule has 3 N–H and O–H groups in total. The smallest absolute Gasteiger partial charge is 0.463 e. The molecule has 0 radical (unpaired) electrons. The average molecular weight is 800 g/mol. The topological polar surface area (TPSA) is 131 Å². The molecule has 1 amide bonds. The fourth-order valence-electron chi connectivity index (χ4n) is 6.41. The highest BCUT2D eigenvalue weighted by Gasteiger charge is 2.23. The van der Waals surface area contributed by atoms with E-state index in [1.807, 2.05) is 0 Å². The first-order valence-corrected chi connectivity index (χ1v) is 24.3. The molecule has 9 nitrogen and oxygen atoms in total. The second-order valence-electron chi connectivity index (χ2n) is 15.4. The van der Waals surface area contributed by atoms with Gasteiger partial charge in [0, 0.05) is 19.4 Å². The molecule has 324 valence electrons. The van der Waals surface area contributed by atoms with Gasteiger partial charge in [0.1, 0.15) is 12.7 Å². The summed E-state index contributed by atoms with van der Waals surface area (Å²) in [5, 5.41) is 12.7. The number of aliphatic hydroxyl groups excluding tert-OH is 1. The van der Waals surface area contributed by atoms with Crippen LogP contribution in [0.5, 0.6) is 0 Å². The molecule has 0 spiro atoms. The van der Waals surface area contributed by atoms with Crippen molar-refractivity contribution in [2.24, 2.45) is 0 Å². The highest BCUT2D eigenvalue weighted by atomic mass is 31.2. The molecule has 0 heterocycles. The molecule has 0 aliphatic carbocycles. The van der Waals surface area contributed by atoms with E-state index in [2.05, 4.69) is 43.5 Å². The summed E-state index contributed by atoms with van der Waals surface area (Å²) in [5.74, 6) is -0.512. The number of hydrogen-bond acceptors (Lipinski definition) is 7. The third kappa shape index (κ3) is 43.5. The van der Waals surface area contributed by atoms with Crippen LogP contribution in [0.3, 0.4) is 0 Å². The highest BCUT2D eigenvalue weighted by molar-refractivity contribution is 7.47. The number of amides is 1. The second-order valence-corrected chi connectivity index (χ2v) is 16.8. The van der Waals surface area contributed by atoms with Crippen molar-refractivity contribution in [1.29, 1.82) is 0 Å². The Labute approximate surface area is 338 Å². The summed E-state index contributed by atoms with van der Waals surface area (Å²) in [6.45, 7) is 3.55. The third-order valence-electron chi connectivity index (χ3n) is 9.88. The molecule has 0 fully saturated rings. The Hall–Kier alpha value is -1.51. The lowest BCUT2D eigenvalue weighted by Gasteiger charge is -2.15. The number of aliphatic hydroxyl groups is 1. The van der Waals surface area contributed by atoms with E-state index >= 15 is 0 Å². The number of hydrogen-bond donors (Lipinski definition) is 3. The Morgan fingerprint density at radius 3 is 1.49 bits per heavy atom. The lowest BCUT2D eigenvalue weighted by atomic mass is 10.0. The average Bonchev–Trinajstić information content (AvgIpc) is 3.17. The van der Waals surface area contributed by atoms with E-state index in [1.54, 1.807) is 0 Å². The fourth-order valence-corrected chi connectivity index (χ4v) is 7.17. The fraction of sp³-hybridized carbons (Fsp3) is 0.867. The number of allylic oxidation sites excluding steroid dienone is 4. The van der Waals surface area contributed by atoms with Crippen LogP contribution in [0, 0.1) is 0 Å². The SMILES string of the molecule is CCCCC/C=C\C/C=C\CCCCCCCCCCCCCC(=O)NCCOP(=O)(O)OCC(O)COC(=O)CCCCCCCCCCCCCCC. The van der Waals surface area contributed by atoms with Gasteiger partial charge in [-0.15, -0.1) is 0 Å². The summed E-state index contributed by atoms with van der Waals surface area (Å²) < 4.78 is 26.9. The zero-order valence-electron chi connectivity index (χ0n) is 35.6. The van der Waals surface area contributed by atoms with Crippen LogP contribution < -0.4 is 5.32 Å². The maximum atomic E-state index is 12.1. The molecule has 0 aromatic rings. The number of rotatable bonds is 43. The van der Waals surface area contributed by atoms with E-state index in [9.17, 15) is 24.2 Å². The highest BCUT2D eigenvalue weighted by Crippen LogP contribution is 2.42. The van der Waals surface area contributed by atoms with Crippen molar-refractivity contribution in [2.45, 2.75) is 225 Å². The maximum absolute atomic E-state index is 12.1. The Morgan fingerprint density at radius 1 is 0.564 bits per heavy atom. The van der Waals surface area contributed by atoms with Gasteiger partial charge in [-0.1, -0.05) is 186 Å². The normalized spacial score (nSPS) is 13.5. The quantitative estimate of drug-likeness (QED) is 0.0240. The standard InChI is InChI=1S/C45H86NO8P/c1-3-5-7-9-11-13-15-17-18-19-20-21-22-23-24-26-27-29-31-33-35-37-44(48)46-39-40-53-55(50,51)54-42-43(47)41-52-45(49)38-36-34-32-30-28-25-16-14-12-10-8-6-4-2/h11,13,17-18,43,47H,3-10,12,14-16,19-42H2,1-2H3,(H,46,48)(H,50,51)/b13-11-,18-17-. The van der Waals surface area contributed by atoms with E-state index in [4.69, 9.17) is 13.8 Å². The van der Waals surface area contributed by atoms with Crippen LogP contribution >= 0.6 is 7.82 Å². The molecule has 0 rings (SSSR count). The van der Waals surface area contributed by atoms with Gasteiger partial charge in [0.2, 0.25) is 5.91 Å². The monoisotopic (exact) mass is 800 g/mol. The summed E-state index contributed by atoms with van der Waals surface area (Å²) >= 11 is 0. The number of carbonyl (C=O) groups is 2. The maximum Gasteiger partial charge on any atom is 0.472 e. The van der Waals surface area contributed by atoms with Crippen LogP contribution in [0.25, 0.3) is 0 Å². The van der Waals surface area contributed by atoms with Crippen molar-refractivity contribution < 1.29 is 37.9 Å². The Bertz CT molecular complexity index is 959. The third-order valence-corrected chi connectivity index (χ3v) is 10.9. The van der Waals surface area contributed by atoms with Crippen molar-refractivity contribution in [3.63, 3.8) is 0 Å². The number of ether oxygens (including phenoxy) is 1. The van der Waals surface area contributed by atoms with Crippen molar-refractivity contribution >= 4 is 19.7 Å². The van der Waals surface area contributed by atoms with Gasteiger partial charge in [-0.25, -0.2) is 4.57 Å². The zero-order chi connectivity index (χ0) is 40.3. The van der Waals surface area contributed by atoms with Crippen LogP contribution in [0.4, 0.5) is 0 Å². The van der Waals surface area contributed by atoms with Crippen LogP contribution in [0.1, 0.15) is 219 Å². The number of phosphoric acid groups is 1. The van der Waals surface area contributed by atoms with Gasteiger partial charge in [-0.05, 0) is 44.9 Å². The summed E-state index contributed by atoms with van der Waals surface area (Å²) in [5.41, 5.74) is 0. The first kappa shape index (κ1) is 53.5. The van der Waals surface area contributed by atoms with Crippen molar-refractivity contribution in [3.8, 4) is 0 Å². The molecule has 0 aliphatic heterocycles. The lowest BCUT2D eigenvalue weighted by molar-refractivity contribution is -0.147. The van der Waals surface area contributed by atoms with E-state index < -0.39 is 26.5 Å². The minimum Gasteiger partial charge on any atom is -0.463 e. The molecular weight excluding hydrogens is 713 g/mol. The Morgan fingerprint density at radius 2 is 0.982 bits per heavy atom. The van der Waals surface area contributed by atoms with Crippen LogP contribution in [0.15, 0.2) is 24.3 Å². The minimum absolute atomic E-state index is 0.0830. The van der Waals surface area contributed by atoms with Crippen molar-refractivity contribution in [3.05, 3.63) is 24.3 Å². The van der Waals surface area contributed by atoms with Crippen LogP contribution in [-0.4, -0.2) is 54.3 Å². The first-order chi connectivity index (χ1) is 26.8. The predicted octanol–water partition coefficient (Wildman–Crippen LogP) is 12.8. The molecule has 0 aromatic carbocycles. The molecule has 10 heteroatoms. The summed E-state index contributed by atoms with van der Waals surface area (Å²) in [7, 11) is -4.41. The van der Waals surface area contributed by atoms with Crippen LogP contribution in [0.2, 0.25) is 0 Å². The molecule has 2 unspecified atom stereocenters. The van der Waals surface area contributed by atoms with E-state index in [0.29, 0.717) is 6.42 Å². The molecule has 0 saturated carbocycles. The Kier molecular flexibility index (Phi) is 40.9. The molecule has 55 heavy (non-hydrogen) atoms. The van der Waals surface area contributed by atoms with Gasteiger partial charge in [-0.3, -0.25) is 18.6 Å². The van der Waals surface area contributed by atoms with E-state index in [1.165, 1.54) is 148 Å². The molecule has 2 atom stereocenters. The number of nitrogens with one attached hydrogen (secondary N) is 1. The number of phosphoric ester groups is 1. The van der Waals surface area contributed by atoms with Crippen molar-refractivity contribution in [1.82, 2.24) is 5.32 Å². The van der Waals surface area contributed by atoms with Gasteiger partial charge >= 0.3 is 13.8 Å². The lowest BCUT2D eigenvalue weighted by Crippen LogP contribution is -2.27. The largest absolute Gasteiger partial charge is 0.472 e. The van der Waals surface area contributed by atoms with Gasteiger partial charge in [-0.2, -0.15) is 0 Å². The van der Waals surface area contributed by atoms with E-state index in [-0.39, 0.29) is 32.1 Å². The number of carbonyl (C=O) groups excluding carboxylic acids is 2. The molecular formula is C45H86NO8P. The summed E-state index contributed by atoms with van der Waals surface area (Å²) in [6, 6.07) is 0. The summed E-state index contributed by atoms with van der Waals surface area (Å²) in [6.07, 6.45) is 45.4. The van der Waals surface area contributed by atoms with Gasteiger partial charge < -0.3 is 20.1 Å². The van der Waals surface area contributed by atoms with Crippen LogP contribution in [-0.2, 0) is 27.9 Å². The Balaban J connectivity index is 3.55. The summed E-state index contributed by atoms with van der Waals surface area (Å²) in [4.78, 5) is 33.9. The minimum atomic E-state index is -4.41. The molecule has 0 aromatic heterocycles. The van der Waals surface area contributed by atoms with Gasteiger partial charge in [0.15, 0.2) is 0 Å². The molecule has 0 bridgehead atoms. The second kappa shape index (κ2) is 42.1. The van der Waals surface area contributed by atoms with Gasteiger partial charge in [0.05, 0.1) is 13.2 Å². The predicted molar refractivity (Wildman–Crippen MR) is 229 cm³/mol.